The normalized spacial score (nSPS) is 14.8. The predicted octanol–water partition coefficient (Wildman–Crippen LogP) is 5.62. The van der Waals surface area contributed by atoms with Crippen LogP contribution in [0.15, 0.2) is 79.0 Å². The number of pyridine rings is 2. The molecule has 1 aliphatic rings. The van der Waals surface area contributed by atoms with Crippen molar-refractivity contribution in [1.29, 1.82) is 5.26 Å². The number of nitrogens with one attached hydrogen (secondary N) is 1. The van der Waals surface area contributed by atoms with Crippen LogP contribution in [0, 0.1) is 11.3 Å². The van der Waals surface area contributed by atoms with Crippen LogP contribution >= 0.6 is 0 Å². The molecule has 1 saturated heterocycles. The molecule has 0 unspecified atom stereocenters. The molecule has 0 bridgehead atoms. The Kier molecular flexibility index (Phi) is 5.78. The molecule has 0 atom stereocenters. The molecule has 2 aromatic heterocycles. The van der Waals surface area contributed by atoms with Gasteiger partial charge in [-0.15, -0.1) is 0 Å². The number of nitrogens with zero attached hydrogens (tertiary/aromatic N) is 4. The van der Waals surface area contributed by atoms with Crippen molar-refractivity contribution in [2.75, 3.05) is 18.4 Å². The number of anilines is 2. The molecule has 1 N–H and O–H groups in total. The van der Waals surface area contributed by atoms with E-state index in [4.69, 9.17) is 10.2 Å². The van der Waals surface area contributed by atoms with Crippen molar-refractivity contribution >= 4 is 22.3 Å². The minimum atomic E-state index is 0.410. The van der Waals surface area contributed by atoms with Crippen LogP contribution in [-0.4, -0.2) is 28.0 Å². The van der Waals surface area contributed by atoms with E-state index in [9.17, 15) is 0 Å². The number of benzene rings is 2. The Bertz CT molecular complexity index is 1250. The molecule has 0 radical (unpaired) electrons. The second-order valence-electron chi connectivity index (χ2n) is 8.35. The van der Waals surface area contributed by atoms with Crippen LogP contribution in [0.25, 0.3) is 10.8 Å². The summed E-state index contributed by atoms with van der Waals surface area (Å²) in [5, 5.41) is 14.8. The van der Waals surface area contributed by atoms with Gasteiger partial charge in [0.2, 0.25) is 0 Å². The minimum Gasteiger partial charge on any atom is -0.339 e. The lowest BCUT2D eigenvalue weighted by atomic mass is 9.92. The van der Waals surface area contributed by atoms with E-state index >= 15 is 0 Å². The zero-order chi connectivity index (χ0) is 21.8. The Morgan fingerprint density at radius 1 is 0.938 bits per heavy atom. The Labute approximate surface area is 188 Å². The molecule has 1 aliphatic heterocycles. The summed E-state index contributed by atoms with van der Waals surface area (Å²) in [6.07, 6.45) is 3.89. The van der Waals surface area contributed by atoms with Crippen LogP contribution in [0.4, 0.5) is 11.5 Å². The molecule has 0 saturated carbocycles. The van der Waals surface area contributed by atoms with Gasteiger partial charge >= 0.3 is 0 Å². The standard InChI is InChI=1S/C27H25N5/c28-17-24-10-11-25(18-29-24)30-27-7-3-6-26(31-27)22-12-14-32(15-13-22)19-20-8-9-21-4-1-2-5-23(21)16-20/h1-11,16,18,22H,12-15,19H2,(H,30,31). The highest BCUT2D eigenvalue weighted by molar-refractivity contribution is 5.82. The molecular weight excluding hydrogens is 394 g/mol. The summed E-state index contributed by atoms with van der Waals surface area (Å²) >= 11 is 0. The molecule has 0 spiro atoms. The first kappa shape index (κ1) is 20.2. The van der Waals surface area contributed by atoms with Gasteiger partial charge in [0.1, 0.15) is 17.6 Å². The van der Waals surface area contributed by atoms with Gasteiger partial charge in [-0.25, -0.2) is 9.97 Å². The van der Waals surface area contributed by atoms with Gasteiger partial charge in [0.25, 0.3) is 0 Å². The molecule has 3 heterocycles. The second-order valence-corrected chi connectivity index (χ2v) is 8.35. The van der Waals surface area contributed by atoms with Crippen LogP contribution in [0.5, 0.6) is 0 Å². The molecule has 5 heteroatoms. The number of piperidine rings is 1. The van der Waals surface area contributed by atoms with Crippen LogP contribution in [0.3, 0.4) is 0 Å². The quantitative estimate of drug-likeness (QED) is 0.454. The van der Waals surface area contributed by atoms with Crippen molar-refractivity contribution in [3.63, 3.8) is 0 Å². The molecule has 5 rings (SSSR count). The van der Waals surface area contributed by atoms with Crippen LogP contribution in [0.2, 0.25) is 0 Å². The first-order valence-corrected chi connectivity index (χ1v) is 11.1. The molecule has 158 valence electrons. The summed E-state index contributed by atoms with van der Waals surface area (Å²) in [7, 11) is 0. The summed E-state index contributed by atoms with van der Waals surface area (Å²) in [6, 6.07) is 27.1. The summed E-state index contributed by atoms with van der Waals surface area (Å²) in [5.41, 5.74) is 3.76. The van der Waals surface area contributed by atoms with Gasteiger partial charge in [-0.1, -0.05) is 42.5 Å². The number of nitriles is 1. The fourth-order valence-corrected chi connectivity index (χ4v) is 4.41. The van der Waals surface area contributed by atoms with E-state index in [0.29, 0.717) is 11.6 Å². The van der Waals surface area contributed by atoms with Crippen LogP contribution in [0.1, 0.15) is 35.7 Å². The van der Waals surface area contributed by atoms with Gasteiger partial charge in [0.05, 0.1) is 11.9 Å². The summed E-state index contributed by atoms with van der Waals surface area (Å²) in [4.78, 5) is 11.5. The number of fused-ring (bicyclic) bond motifs is 1. The average molecular weight is 420 g/mol. The van der Waals surface area contributed by atoms with Crippen molar-refractivity contribution in [3.8, 4) is 6.07 Å². The van der Waals surface area contributed by atoms with Gasteiger partial charge in [-0.2, -0.15) is 5.26 Å². The topological polar surface area (TPSA) is 64.8 Å². The third-order valence-corrected chi connectivity index (χ3v) is 6.15. The Balaban J connectivity index is 1.20. The van der Waals surface area contributed by atoms with E-state index in [2.05, 4.69) is 69.8 Å². The fourth-order valence-electron chi connectivity index (χ4n) is 4.41. The van der Waals surface area contributed by atoms with E-state index in [-0.39, 0.29) is 0 Å². The van der Waals surface area contributed by atoms with Gasteiger partial charge in [0, 0.05) is 18.2 Å². The maximum absolute atomic E-state index is 8.89. The maximum atomic E-state index is 8.89. The van der Waals surface area contributed by atoms with Gasteiger partial charge < -0.3 is 5.32 Å². The number of likely N-dealkylation sites (tertiary alicyclic amines) is 1. The van der Waals surface area contributed by atoms with Gasteiger partial charge in [-0.05, 0) is 72.6 Å². The van der Waals surface area contributed by atoms with Gasteiger partial charge in [0.15, 0.2) is 0 Å². The van der Waals surface area contributed by atoms with E-state index in [1.54, 1.807) is 12.3 Å². The maximum Gasteiger partial charge on any atom is 0.140 e. The zero-order valence-electron chi connectivity index (χ0n) is 17.9. The third kappa shape index (κ3) is 4.61. The molecular formula is C27H25N5. The third-order valence-electron chi connectivity index (χ3n) is 6.15. The fraction of sp³-hybridized carbons (Fsp3) is 0.222. The summed E-state index contributed by atoms with van der Waals surface area (Å²) in [6.45, 7) is 3.16. The molecule has 0 aliphatic carbocycles. The Hall–Kier alpha value is -3.75. The van der Waals surface area contributed by atoms with Crippen molar-refractivity contribution in [2.24, 2.45) is 0 Å². The smallest absolute Gasteiger partial charge is 0.140 e. The average Bonchev–Trinajstić information content (AvgIpc) is 2.85. The molecule has 4 aromatic rings. The summed E-state index contributed by atoms with van der Waals surface area (Å²) < 4.78 is 0. The van der Waals surface area contributed by atoms with E-state index in [1.807, 2.05) is 18.2 Å². The molecule has 2 aromatic carbocycles. The minimum absolute atomic E-state index is 0.410. The molecule has 0 amide bonds. The Morgan fingerprint density at radius 2 is 1.78 bits per heavy atom. The van der Waals surface area contributed by atoms with E-state index in [0.717, 1.165) is 49.7 Å². The molecule has 5 nitrogen and oxygen atoms in total. The van der Waals surface area contributed by atoms with Crippen molar-refractivity contribution in [1.82, 2.24) is 14.9 Å². The molecule has 1 fully saturated rings. The largest absolute Gasteiger partial charge is 0.339 e. The van der Waals surface area contributed by atoms with Gasteiger partial charge in [-0.3, -0.25) is 4.90 Å². The number of rotatable bonds is 5. The first-order chi connectivity index (χ1) is 15.8. The van der Waals surface area contributed by atoms with E-state index < -0.39 is 0 Å². The second kappa shape index (κ2) is 9.17. The van der Waals surface area contributed by atoms with Crippen molar-refractivity contribution < 1.29 is 0 Å². The molecule has 32 heavy (non-hydrogen) atoms. The Morgan fingerprint density at radius 3 is 2.56 bits per heavy atom. The summed E-state index contributed by atoms with van der Waals surface area (Å²) in [5.74, 6) is 1.29. The highest BCUT2D eigenvalue weighted by atomic mass is 15.1. The lowest BCUT2D eigenvalue weighted by Crippen LogP contribution is -2.32. The van der Waals surface area contributed by atoms with Crippen LogP contribution in [-0.2, 0) is 6.54 Å². The highest BCUT2D eigenvalue weighted by Gasteiger charge is 2.22. The monoisotopic (exact) mass is 419 g/mol. The number of aromatic nitrogens is 2. The first-order valence-electron chi connectivity index (χ1n) is 11.1. The zero-order valence-corrected chi connectivity index (χ0v) is 17.9. The van der Waals surface area contributed by atoms with Crippen LogP contribution < -0.4 is 5.32 Å². The number of hydrogen-bond donors (Lipinski definition) is 1. The highest BCUT2D eigenvalue weighted by Crippen LogP contribution is 2.29. The van der Waals surface area contributed by atoms with Crippen molar-refractivity contribution in [3.05, 3.63) is 95.9 Å². The van der Waals surface area contributed by atoms with Crippen molar-refractivity contribution in [2.45, 2.75) is 25.3 Å². The lowest BCUT2D eigenvalue weighted by molar-refractivity contribution is 0.203. The SMILES string of the molecule is N#Cc1ccc(Nc2cccc(C3CCN(Cc4ccc5ccccc5c4)CC3)n2)cn1. The lowest BCUT2D eigenvalue weighted by Gasteiger charge is -2.32. The number of hydrogen-bond acceptors (Lipinski definition) is 5. The predicted molar refractivity (Wildman–Crippen MR) is 128 cm³/mol. The van der Waals surface area contributed by atoms with E-state index in [1.165, 1.54) is 16.3 Å².